The van der Waals surface area contributed by atoms with Crippen molar-refractivity contribution in [3.8, 4) is 5.75 Å². The normalized spacial score (nSPS) is 11.4. The molecule has 0 aliphatic carbocycles. The van der Waals surface area contributed by atoms with E-state index in [1.165, 1.54) is 0 Å². The van der Waals surface area contributed by atoms with Gasteiger partial charge >= 0.3 is 0 Å². The van der Waals surface area contributed by atoms with Gasteiger partial charge in [-0.25, -0.2) is 0 Å². The highest BCUT2D eigenvalue weighted by atomic mass is 35.5. The fourth-order valence-electron chi connectivity index (χ4n) is 2.83. The van der Waals surface area contributed by atoms with Crippen molar-refractivity contribution in [3.63, 3.8) is 0 Å². The molecule has 0 heterocycles. The lowest BCUT2D eigenvalue weighted by molar-refractivity contribution is -0.118. The molecular weight excluding hydrogens is 388 g/mol. The van der Waals surface area contributed by atoms with Crippen LogP contribution in [0.5, 0.6) is 5.75 Å². The van der Waals surface area contributed by atoms with E-state index in [0.29, 0.717) is 27.6 Å². The lowest BCUT2D eigenvalue weighted by Gasteiger charge is -2.20. The molecule has 0 saturated carbocycles. The van der Waals surface area contributed by atoms with Gasteiger partial charge in [0.2, 0.25) is 0 Å². The minimum atomic E-state index is -0.888. The second kappa shape index (κ2) is 9.26. The third kappa shape index (κ3) is 5.15. The molecule has 3 aromatic carbocycles. The maximum Gasteiger partial charge on any atom is 0.252 e. The van der Waals surface area contributed by atoms with E-state index in [1.54, 1.807) is 55.6 Å². The van der Waals surface area contributed by atoms with Gasteiger partial charge in [-0.15, -0.1) is 0 Å². The Morgan fingerprint density at radius 2 is 1.59 bits per heavy atom. The first kappa shape index (κ1) is 20.4. The van der Waals surface area contributed by atoms with Crippen LogP contribution in [0.15, 0.2) is 72.8 Å². The molecule has 29 heavy (non-hydrogen) atoms. The summed E-state index contributed by atoms with van der Waals surface area (Å²) in [6.45, 7) is 1.91. The molecule has 3 rings (SSSR count). The average molecular weight is 409 g/mol. The smallest absolute Gasteiger partial charge is 0.252 e. The fraction of sp³-hybridized carbons (Fsp3) is 0.130. The first-order chi connectivity index (χ1) is 14.0. The molecule has 0 radical (unpaired) electrons. The van der Waals surface area contributed by atoms with Crippen LogP contribution in [-0.2, 0) is 4.79 Å². The number of methoxy groups -OCH3 is 1. The summed E-state index contributed by atoms with van der Waals surface area (Å²) in [7, 11) is 1.56. The minimum Gasteiger partial charge on any atom is -0.497 e. The van der Waals surface area contributed by atoms with Crippen molar-refractivity contribution in [1.29, 1.82) is 0 Å². The summed E-state index contributed by atoms with van der Waals surface area (Å²) in [5, 5.41) is 6.25. The summed E-state index contributed by atoms with van der Waals surface area (Å²) in [6, 6.07) is 20.1. The number of benzene rings is 3. The maximum atomic E-state index is 13.0. The Morgan fingerprint density at radius 1 is 0.931 bits per heavy atom. The zero-order chi connectivity index (χ0) is 20.8. The summed E-state index contributed by atoms with van der Waals surface area (Å²) in [6.07, 6.45) is 0. The summed E-state index contributed by atoms with van der Waals surface area (Å²) in [4.78, 5) is 25.8. The highest BCUT2D eigenvalue weighted by molar-refractivity contribution is 6.30. The minimum absolute atomic E-state index is 0.344. The molecule has 1 atom stereocenters. The third-order valence-electron chi connectivity index (χ3n) is 4.50. The second-order valence-corrected chi connectivity index (χ2v) is 6.93. The number of halogens is 1. The molecule has 6 heteroatoms. The van der Waals surface area contributed by atoms with Crippen LogP contribution >= 0.6 is 11.6 Å². The Hall–Kier alpha value is -3.31. The van der Waals surface area contributed by atoms with E-state index in [9.17, 15) is 9.59 Å². The summed E-state index contributed by atoms with van der Waals surface area (Å²) < 4.78 is 5.12. The van der Waals surface area contributed by atoms with Gasteiger partial charge in [0.1, 0.15) is 11.8 Å². The number of aryl methyl sites for hydroxylation is 1. The van der Waals surface area contributed by atoms with Crippen LogP contribution in [0.1, 0.15) is 27.5 Å². The number of rotatable bonds is 6. The van der Waals surface area contributed by atoms with E-state index < -0.39 is 6.04 Å². The van der Waals surface area contributed by atoms with E-state index in [0.717, 1.165) is 5.56 Å². The molecule has 3 aromatic rings. The number of para-hydroxylation sites is 1. The zero-order valence-electron chi connectivity index (χ0n) is 16.1. The summed E-state index contributed by atoms with van der Waals surface area (Å²) >= 11 is 5.98. The molecule has 0 saturated heterocycles. The Balaban J connectivity index is 1.86. The Labute approximate surface area is 174 Å². The van der Waals surface area contributed by atoms with Gasteiger partial charge in [-0.2, -0.15) is 0 Å². The molecule has 0 aromatic heterocycles. The highest BCUT2D eigenvalue weighted by Gasteiger charge is 2.24. The predicted molar refractivity (Wildman–Crippen MR) is 114 cm³/mol. The number of carbonyl (C=O) groups excluding carboxylic acids is 2. The van der Waals surface area contributed by atoms with E-state index in [4.69, 9.17) is 16.3 Å². The van der Waals surface area contributed by atoms with Gasteiger partial charge in [-0.1, -0.05) is 41.9 Å². The van der Waals surface area contributed by atoms with Gasteiger partial charge in [0.05, 0.1) is 7.11 Å². The van der Waals surface area contributed by atoms with Gasteiger partial charge < -0.3 is 15.4 Å². The van der Waals surface area contributed by atoms with Crippen molar-refractivity contribution in [2.75, 3.05) is 12.4 Å². The van der Waals surface area contributed by atoms with Gasteiger partial charge in [-0.3, -0.25) is 9.59 Å². The first-order valence-electron chi connectivity index (χ1n) is 9.05. The third-order valence-corrected chi connectivity index (χ3v) is 4.75. The largest absolute Gasteiger partial charge is 0.497 e. The van der Waals surface area contributed by atoms with Crippen LogP contribution in [0, 0.1) is 6.92 Å². The molecule has 148 valence electrons. The summed E-state index contributed by atoms with van der Waals surface area (Å²) in [5.74, 6) is -0.0656. The molecule has 0 fully saturated rings. The number of anilines is 1. The molecule has 0 spiro atoms. The number of nitrogens with one attached hydrogen (secondary N) is 2. The number of ether oxygens (including phenoxy) is 1. The number of hydrogen-bond acceptors (Lipinski definition) is 3. The van der Waals surface area contributed by atoms with Crippen LogP contribution in [0.25, 0.3) is 0 Å². The SMILES string of the molecule is COc1ccc(C(=O)NC(C(=O)Nc2ccccc2C)c2ccc(Cl)cc2)cc1. The molecule has 0 bridgehead atoms. The van der Waals surface area contributed by atoms with Crippen molar-refractivity contribution in [3.05, 3.63) is 94.5 Å². The van der Waals surface area contributed by atoms with Crippen molar-refractivity contribution in [2.45, 2.75) is 13.0 Å². The Bertz CT molecular complexity index is 1000. The second-order valence-electron chi connectivity index (χ2n) is 6.49. The van der Waals surface area contributed by atoms with Crippen LogP contribution in [-0.4, -0.2) is 18.9 Å². The number of carbonyl (C=O) groups is 2. The van der Waals surface area contributed by atoms with E-state index in [2.05, 4.69) is 10.6 Å². The molecule has 0 aliphatic heterocycles. The Morgan fingerprint density at radius 3 is 2.21 bits per heavy atom. The molecule has 2 amide bonds. The van der Waals surface area contributed by atoms with Crippen LogP contribution in [0.2, 0.25) is 5.02 Å². The topological polar surface area (TPSA) is 67.4 Å². The van der Waals surface area contributed by atoms with Crippen LogP contribution in [0.4, 0.5) is 5.69 Å². The standard InChI is InChI=1S/C23H21ClN2O3/c1-15-5-3-4-6-20(15)25-23(28)21(16-7-11-18(24)12-8-16)26-22(27)17-9-13-19(29-2)14-10-17/h3-14,21H,1-2H3,(H,25,28)(H,26,27). The van der Waals surface area contributed by atoms with Crippen molar-refractivity contribution in [2.24, 2.45) is 0 Å². The molecule has 0 aliphatic rings. The van der Waals surface area contributed by atoms with Gasteiger partial charge in [0, 0.05) is 16.3 Å². The monoisotopic (exact) mass is 408 g/mol. The number of amides is 2. The van der Waals surface area contributed by atoms with Crippen molar-refractivity contribution >= 4 is 29.1 Å². The quantitative estimate of drug-likeness (QED) is 0.617. The lowest BCUT2D eigenvalue weighted by atomic mass is 10.0. The maximum absolute atomic E-state index is 13.0. The first-order valence-corrected chi connectivity index (χ1v) is 9.42. The van der Waals surface area contributed by atoms with Crippen molar-refractivity contribution < 1.29 is 14.3 Å². The Kier molecular flexibility index (Phi) is 6.52. The van der Waals surface area contributed by atoms with E-state index in [-0.39, 0.29) is 11.8 Å². The number of hydrogen-bond donors (Lipinski definition) is 2. The van der Waals surface area contributed by atoms with Gasteiger partial charge in [-0.05, 0) is 60.5 Å². The average Bonchev–Trinajstić information content (AvgIpc) is 2.74. The summed E-state index contributed by atoms with van der Waals surface area (Å²) in [5.41, 5.74) is 2.67. The van der Waals surface area contributed by atoms with Gasteiger partial charge in [0.25, 0.3) is 11.8 Å². The molecule has 1 unspecified atom stereocenters. The van der Waals surface area contributed by atoms with Crippen molar-refractivity contribution in [1.82, 2.24) is 5.32 Å². The molecular formula is C23H21ClN2O3. The zero-order valence-corrected chi connectivity index (χ0v) is 16.9. The molecule has 2 N–H and O–H groups in total. The van der Waals surface area contributed by atoms with Crippen LogP contribution in [0.3, 0.4) is 0 Å². The lowest BCUT2D eigenvalue weighted by Crippen LogP contribution is -2.37. The van der Waals surface area contributed by atoms with Crippen LogP contribution < -0.4 is 15.4 Å². The van der Waals surface area contributed by atoms with E-state index >= 15 is 0 Å². The molecule has 5 nitrogen and oxygen atoms in total. The highest BCUT2D eigenvalue weighted by Crippen LogP contribution is 2.21. The fourth-order valence-corrected chi connectivity index (χ4v) is 2.96. The predicted octanol–water partition coefficient (Wildman–Crippen LogP) is 4.77. The van der Waals surface area contributed by atoms with Gasteiger partial charge in [0.15, 0.2) is 0 Å². The van der Waals surface area contributed by atoms with E-state index in [1.807, 2.05) is 31.2 Å².